The van der Waals surface area contributed by atoms with Gasteiger partial charge in [-0.15, -0.1) is 0 Å². The summed E-state index contributed by atoms with van der Waals surface area (Å²) in [6.07, 6.45) is 0.894. The van der Waals surface area contributed by atoms with Gasteiger partial charge in [0.2, 0.25) is 0 Å². The van der Waals surface area contributed by atoms with E-state index in [-0.39, 0.29) is 0 Å². The number of rotatable bonds is 2. The van der Waals surface area contributed by atoms with Crippen LogP contribution < -0.4 is 10.5 Å². The van der Waals surface area contributed by atoms with Gasteiger partial charge in [-0.3, -0.25) is 0 Å². The molecule has 0 saturated carbocycles. The van der Waals surface area contributed by atoms with Crippen LogP contribution in [0.1, 0.15) is 18.1 Å². The summed E-state index contributed by atoms with van der Waals surface area (Å²) >= 11 is 0. The number of benzene rings is 1. The maximum absolute atomic E-state index is 5.90. The van der Waals surface area contributed by atoms with E-state index in [4.69, 9.17) is 10.5 Å². The van der Waals surface area contributed by atoms with E-state index in [1.165, 1.54) is 5.56 Å². The molecule has 0 aliphatic heterocycles. The van der Waals surface area contributed by atoms with Crippen molar-refractivity contribution in [1.29, 1.82) is 0 Å². The largest absolute Gasteiger partial charge is 0.494 e. The number of pyridine rings is 1. The second kappa shape index (κ2) is 4.00. The Morgan fingerprint density at radius 2 is 2.12 bits per heavy atom. The number of nitrogens with two attached hydrogens (primary N) is 1. The number of anilines is 1. The van der Waals surface area contributed by atoms with Gasteiger partial charge in [0.15, 0.2) is 0 Å². The lowest BCUT2D eigenvalue weighted by Gasteiger charge is -2.10. The monoisotopic (exact) mass is 216 g/mol. The summed E-state index contributed by atoms with van der Waals surface area (Å²) in [4.78, 5) is 4.43. The Morgan fingerprint density at radius 1 is 1.38 bits per heavy atom. The lowest BCUT2D eigenvalue weighted by molar-refractivity contribution is 0.419. The molecule has 1 aromatic heterocycles. The molecule has 3 heteroatoms. The van der Waals surface area contributed by atoms with Gasteiger partial charge in [-0.1, -0.05) is 13.0 Å². The van der Waals surface area contributed by atoms with Gasteiger partial charge in [0.25, 0.3) is 0 Å². The Balaban J connectivity index is 2.82. The number of nitrogen functional groups attached to an aromatic ring is 1. The predicted molar refractivity (Wildman–Crippen MR) is 66.8 cm³/mol. The van der Waals surface area contributed by atoms with Crippen molar-refractivity contribution in [2.75, 3.05) is 12.8 Å². The average molecular weight is 216 g/mol. The molecular weight excluding hydrogens is 200 g/mol. The van der Waals surface area contributed by atoms with Crippen molar-refractivity contribution in [2.45, 2.75) is 20.3 Å². The van der Waals surface area contributed by atoms with Crippen molar-refractivity contribution in [3.05, 3.63) is 29.3 Å². The van der Waals surface area contributed by atoms with Crippen LogP contribution in [0.5, 0.6) is 5.75 Å². The van der Waals surface area contributed by atoms with E-state index in [9.17, 15) is 0 Å². The van der Waals surface area contributed by atoms with Crippen LogP contribution in [0.4, 0.5) is 5.82 Å². The van der Waals surface area contributed by atoms with Crippen molar-refractivity contribution in [2.24, 2.45) is 0 Å². The van der Waals surface area contributed by atoms with Gasteiger partial charge in [0, 0.05) is 5.39 Å². The zero-order valence-electron chi connectivity index (χ0n) is 9.87. The fraction of sp³-hybridized carbons (Fsp3) is 0.308. The molecule has 0 aliphatic rings. The summed E-state index contributed by atoms with van der Waals surface area (Å²) in [5.41, 5.74) is 9.03. The molecule has 1 aromatic carbocycles. The molecule has 0 spiro atoms. The van der Waals surface area contributed by atoms with E-state index in [0.717, 1.165) is 28.6 Å². The topological polar surface area (TPSA) is 48.1 Å². The maximum atomic E-state index is 5.90. The van der Waals surface area contributed by atoms with Gasteiger partial charge in [0.1, 0.15) is 17.1 Å². The highest BCUT2D eigenvalue weighted by Gasteiger charge is 2.08. The third-order valence-electron chi connectivity index (χ3n) is 2.88. The molecule has 3 nitrogen and oxygen atoms in total. The molecule has 0 unspecified atom stereocenters. The molecule has 84 valence electrons. The summed E-state index contributed by atoms with van der Waals surface area (Å²) in [5.74, 6) is 1.37. The van der Waals surface area contributed by atoms with Gasteiger partial charge in [-0.2, -0.15) is 0 Å². The third-order valence-corrected chi connectivity index (χ3v) is 2.88. The Morgan fingerprint density at radius 3 is 2.75 bits per heavy atom. The van der Waals surface area contributed by atoms with Crippen molar-refractivity contribution in [1.82, 2.24) is 4.98 Å². The fourth-order valence-electron chi connectivity index (χ4n) is 1.87. The maximum Gasteiger partial charge on any atom is 0.145 e. The molecule has 0 bridgehead atoms. The van der Waals surface area contributed by atoms with Crippen LogP contribution in [-0.2, 0) is 6.42 Å². The molecule has 2 N–H and O–H groups in total. The summed E-state index contributed by atoms with van der Waals surface area (Å²) in [6.45, 7) is 4.15. The minimum absolute atomic E-state index is 0.596. The minimum Gasteiger partial charge on any atom is -0.494 e. The van der Waals surface area contributed by atoms with Crippen LogP contribution in [0.2, 0.25) is 0 Å². The predicted octanol–water partition coefficient (Wildman–Crippen LogP) is 2.70. The van der Waals surface area contributed by atoms with E-state index in [1.54, 1.807) is 7.11 Å². The number of ether oxygens (including phenoxy) is 1. The van der Waals surface area contributed by atoms with Gasteiger partial charge in [-0.05, 0) is 36.6 Å². The summed E-state index contributed by atoms with van der Waals surface area (Å²) in [6, 6.07) is 6.07. The Labute approximate surface area is 95.2 Å². The molecule has 0 radical (unpaired) electrons. The number of fused-ring (bicyclic) bond motifs is 1. The van der Waals surface area contributed by atoms with Crippen molar-refractivity contribution < 1.29 is 4.74 Å². The second-order valence-corrected chi connectivity index (χ2v) is 3.87. The van der Waals surface area contributed by atoms with E-state index in [1.807, 2.05) is 12.1 Å². The van der Waals surface area contributed by atoms with Gasteiger partial charge < -0.3 is 10.5 Å². The molecule has 2 rings (SSSR count). The molecule has 0 aliphatic carbocycles. The Bertz CT molecular complexity index is 535. The highest BCUT2D eigenvalue weighted by Crippen LogP contribution is 2.29. The number of hydrogen-bond acceptors (Lipinski definition) is 3. The summed E-state index contributed by atoms with van der Waals surface area (Å²) < 4.78 is 5.29. The molecule has 0 amide bonds. The standard InChI is InChI=1S/C13H16N2O/c1-4-9-7-10-8(2)5-6-11(16-3)12(10)15-13(9)14/h5-7H,4H2,1-3H3,(H2,14,15). The van der Waals surface area contributed by atoms with E-state index in [2.05, 4.69) is 24.9 Å². The number of hydrogen-bond donors (Lipinski definition) is 1. The molecule has 0 fully saturated rings. The molecule has 2 aromatic rings. The molecule has 1 heterocycles. The van der Waals surface area contributed by atoms with Crippen LogP contribution in [0, 0.1) is 6.92 Å². The summed E-state index contributed by atoms with van der Waals surface area (Å²) in [7, 11) is 1.65. The van der Waals surface area contributed by atoms with E-state index in [0.29, 0.717) is 5.82 Å². The normalized spacial score (nSPS) is 10.7. The minimum atomic E-state index is 0.596. The Kier molecular flexibility index (Phi) is 2.69. The van der Waals surface area contributed by atoms with Crippen LogP contribution >= 0.6 is 0 Å². The van der Waals surface area contributed by atoms with Gasteiger partial charge in [0.05, 0.1) is 7.11 Å². The Hall–Kier alpha value is -1.77. The quantitative estimate of drug-likeness (QED) is 0.839. The first-order valence-corrected chi connectivity index (χ1v) is 5.40. The zero-order valence-corrected chi connectivity index (χ0v) is 9.87. The number of aromatic nitrogens is 1. The number of methoxy groups -OCH3 is 1. The fourth-order valence-corrected chi connectivity index (χ4v) is 1.87. The van der Waals surface area contributed by atoms with Gasteiger partial charge in [-0.25, -0.2) is 4.98 Å². The lowest BCUT2D eigenvalue weighted by atomic mass is 10.1. The average Bonchev–Trinajstić information content (AvgIpc) is 2.29. The number of nitrogens with zero attached hydrogens (tertiary/aromatic N) is 1. The summed E-state index contributed by atoms with van der Waals surface area (Å²) in [5, 5.41) is 1.12. The first kappa shape index (κ1) is 10.7. The highest BCUT2D eigenvalue weighted by molar-refractivity contribution is 5.89. The van der Waals surface area contributed by atoms with Crippen LogP contribution in [0.3, 0.4) is 0 Å². The van der Waals surface area contributed by atoms with Crippen LogP contribution in [0.25, 0.3) is 10.9 Å². The van der Waals surface area contributed by atoms with Crippen molar-refractivity contribution in [3.8, 4) is 5.75 Å². The van der Waals surface area contributed by atoms with E-state index < -0.39 is 0 Å². The second-order valence-electron chi connectivity index (χ2n) is 3.87. The third kappa shape index (κ3) is 1.58. The molecule has 0 atom stereocenters. The lowest BCUT2D eigenvalue weighted by Crippen LogP contribution is -1.99. The number of aryl methyl sites for hydroxylation is 2. The van der Waals surface area contributed by atoms with Crippen LogP contribution in [-0.4, -0.2) is 12.1 Å². The van der Waals surface area contributed by atoms with E-state index >= 15 is 0 Å². The molecule has 0 saturated heterocycles. The van der Waals surface area contributed by atoms with Crippen molar-refractivity contribution >= 4 is 16.7 Å². The van der Waals surface area contributed by atoms with Crippen molar-refractivity contribution in [3.63, 3.8) is 0 Å². The highest BCUT2D eigenvalue weighted by atomic mass is 16.5. The first-order chi connectivity index (χ1) is 7.67. The van der Waals surface area contributed by atoms with Crippen LogP contribution in [0.15, 0.2) is 18.2 Å². The molecule has 16 heavy (non-hydrogen) atoms. The molecular formula is C13H16N2O. The first-order valence-electron chi connectivity index (χ1n) is 5.40. The SMILES string of the molecule is CCc1cc2c(C)ccc(OC)c2nc1N. The zero-order chi connectivity index (χ0) is 11.7. The van der Waals surface area contributed by atoms with Gasteiger partial charge >= 0.3 is 0 Å². The smallest absolute Gasteiger partial charge is 0.145 e.